The van der Waals surface area contributed by atoms with E-state index in [9.17, 15) is 4.79 Å². The molecule has 0 fully saturated rings. The monoisotopic (exact) mass is 216 g/mol. The van der Waals surface area contributed by atoms with E-state index < -0.39 is 11.5 Å². The Balaban J connectivity index is 4.05. The van der Waals surface area contributed by atoms with Crippen LogP contribution in [0.4, 0.5) is 0 Å². The number of aliphatic carboxylic acids is 1. The van der Waals surface area contributed by atoms with Crippen molar-refractivity contribution in [3.05, 3.63) is 0 Å². The van der Waals surface area contributed by atoms with Crippen LogP contribution in [0.15, 0.2) is 0 Å². The van der Waals surface area contributed by atoms with Gasteiger partial charge in [-0.3, -0.25) is 4.79 Å². The zero-order valence-electron chi connectivity index (χ0n) is 10.3. The summed E-state index contributed by atoms with van der Waals surface area (Å²) in [7, 11) is 0. The van der Waals surface area contributed by atoms with Crippen LogP contribution in [0, 0.1) is 5.92 Å². The van der Waals surface area contributed by atoms with Crippen LogP contribution in [0.1, 0.15) is 34.1 Å². The van der Waals surface area contributed by atoms with Crippen molar-refractivity contribution in [2.75, 3.05) is 19.6 Å². The first-order valence-electron chi connectivity index (χ1n) is 5.54. The van der Waals surface area contributed by atoms with Crippen LogP contribution in [0.25, 0.3) is 0 Å². The number of nitrogens with two attached hydrogens (primary N) is 1. The number of nitrogens with zero attached hydrogens (tertiary/aromatic N) is 1. The lowest BCUT2D eigenvalue weighted by atomic mass is 9.99. The number of carboxylic acids is 1. The van der Waals surface area contributed by atoms with Crippen LogP contribution in [-0.2, 0) is 4.79 Å². The number of rotatable bonds is 7. The van der Waals surface area contributed by atoms with Crippen molar-refractivity contribution < 1.29 is 9.90 Å². The largest absolute Gasteiger partial charge is 0.480 e. The fourth-order valence-electron chi connectivity index (χ4n) is 1.39. The Morgan fingerprint density at radius 2 is 2.07 bits per heavy atom. The molecule has 0 saturated heterocycles. The van der Waals surface area contributed by atoms with Gasteiger partial charge in [-0.15, -0.1) is 0 Å². The molecule has 4 heteroatoms. The van der Waals surface area contributed by atoms with Crippen molar-refractivity contribution >= 4 is 5.97 Å². The average molecular weight is 216 g/mol. The maximum atomic E-state index is 10.8. The molecule has 0 amide bonds. The highest BCUT2D eigenvalue weighted by Gasteiger charge is 2.27. The van der Waals surface area contributed by atoms with Crippen LogP contribution in [0.3, 0.4) is 0 Å². The molecule has 0 saturated carbocycles. The molecule has 90 valence electrons. The molecule has 0 bridgehead atoms. The molecule has 0 rings (SSSR count). The van der Waals surface area contributed by atoms with Crippen LogP contribution in [0.5, 0.6) is 0 Å². The van der Waals surface area contributed by atoms with Gasteiger partial charge in [0.1, 0.15) is 5.54 Å². The Morgan fingerprint density at radius 1 is 1.53 bits per heavy atom. The highest BCUT2D eigenvalue weighted by molar-refractivity contribution is 5.77. The molecule has 0 aromatic carbocycles. The molecule has 0 aromatic rings. The van der Waals surface area contributed by atoms with Gasteiger partial charge >= 0.3 is 5.97 Å². The minimum Gasteiger partial charge on any atom is -0.480 e. The predicted molar refractivity (Wildman–Crippen MR) is 61.8 cm³/mol. The summed E-state index contributed by atoms with van der Waals surface area (Å²) in [4.78, 5) is 13.0. The van der Waals surface area contributed by atoms with Gasteiger partial charge in [0.05, 0.1) is 0 Å². The van der Waals surface area contributed by atoms with Gasteiger partial charge in [0.15, 0.2) is 0 Å². The van der Waals surface area contributed by atoms with Gasteiger partial charge in [-0.1, -0.05) is 20.8 Å². The van der Waals surface area contributed by atoms with E-state index in [0.29, 0.717) is 12.3 Å². The lowest BCUT2D eigenvalue weighted by Crippen LogP contribution is -2.47. The average Bonchev–Trinajstić information content (AvgIpc) is 2.11. The third-order valence-corrected chi connectivity index (χ3v) is 2.51. The second-order valence-electron chi connectivity index (χ2n) is 4.76. The summed E-state index contributed by atoms with van der Waals surface area (Å²) >= 11 is 0. The van der Waals surface area contributed by atoms with Gasteiger partial charge in [-0.25, -0.2) is 0 Å². The van der Waals surface area contributed by atoms with Crippen molar-refractivity contribution in [2.24, 2.45) is 11.7 Å². The SMILES string of the molecule is CCN(CCC(C)(N)C(=O)O)CC(C)C. The van der Waals surface area contributed by atoms with E-state index in [1.807, 2.05) is 0 Å². The number of hydrogen-bond acceptors (Lipinski definition) is 3. The van der Waals surface area contributed by atoms with Crippen LogP contribution >= 0.6 is 0 Å². The molecular weight excluding hydrogens is 192 g/mol. The summed E-state index contributed by atoms with van der Waals surface area (Å²) in [6.45, 7) is 10.6. The topological polar surface area (TPSA) is 66.6 Å². The Morgan fingerprint density at radius 3 is 2.40 bits per heavy atom. The number of carbonyl (C=O) groups is 1. The summed E-state index contributed by atoms with van der Waals surface area (Å²) in [5, 5.41) is 8.87. The fourth-order valence-corrected chi connectivity index (χ4v) is 1.39. The van der Waals surface area contributed by atoms with E-state index in [4.69, 9.17) is 10.8 Å². The summed E-state index contributed by atoms with van der Waals surface area (Å²) in [6, 6.07) is 0. The zero-order chi connectivity index (χ0) is 12.1. The molecule has 4 nitrogen and oxygen atoms in total. The number of carboxylic acid groups (broad SMARTS) is 1. The van der Waals surface area contributed by atoms with Gasteiger partial charge in [-0.2, -0.15) is 0 Å². The first-order chi connectivity index (χ1) is 6.79. The quantitative estimate of drug-likeness (QED) is 0.670. The van der Waals surface area contributed by atoms with E-state index >= 15 is 0 Å². The summed E-state index contributed by atoms with van der Waals surface area (Å²) in [5.41, 5.74) is 4.56. The summed E-state index contributed by atoms with van der Waals surface area (Å²) in [5.74, 6) is -0.332. The summed E-state index contributed by atoms with van der Waals surface area (Å²) < 4.78 is 0. The zero-order valence-corrected chi connectivity index (χ0v) is 10.3. The standard InChI is InChI=1S/C11H24N2O2/c1-5-13(8-9(2)3)7-6-11(4,12)10(14)15/h9H,5-8,12H2,1-4H3,(H,14,15). The molecule has 0 aliphatic rings. The van der Waals surface area contributed by atoms with E-state index in [-0.39, 0.29) is 0 Å². The minimum absolute atomic E-state index is 0.489. The van der Waals surface area contributed by atoms with E-state index in [1.54, 1.807) is 6.92 Å². The maximum Gasteiger partial charge on any atom is 0.323 e. The van der Waals surface area contributed by atoms with Crippen molar-refractivity contribution in [1.82, 2.24) is 4.90 Å². The third-order valence-electron chi connectivity index (χ3n) is 2.51. The summed E-state index contributed by atoms with van der Waals surface area (Å²) in [6.07, 6.45) is 0.489. The van der Waals surface area contributed by atoms with Gasteiger partial charge in [0, 0.05) is 13.1 Å². The second-order valence-corrected chi connectivity index (χ2v) is 4.76. The first kappa shape index (κ1) is 14.4. The van der Waals surface area contributed by atoms with Gasteiger partial charge in [0.25, 0.3) is 0 Å². The Bertz CT molecular complexity index is 203. The molecule has 0 aromatic heterocycles. The molecule has 0 spiro atoms. The maximum absolute atomic E-state index is 10.8. The predicted octanol–water partition coefficient (Wildman–Crippen LogP) is 1.16. The Labute approximate surface area is 92.4 Å². The highest BCUT2D eigenvalue weighted by Crippen LogP contribution is 2.08. The normalized spacial score (nSPS) is 15.7. The molecule has 1 atom stereocenters. The van der Waals surface area contributed by atoms with Crippen LogP contribution in [-0.4, -0.2) is 41.1 Å². The van der Waals surface area contributed by atoms with Gasteiger partial charge in [0.2, 0.25) is 0 Å². The van der Waals surface area contributed by atoms with Crippen LogP contribution < -0.4 is 5.73 Å². The minimum atomic E-state index is -1.11. The smallest absolute Gasteiger partial charge is 0.323 e. The molecule has 0 heterocycles. The van der Waals surface area contributed by atoms with Crippen molar-refractivity contribution in [1.29, 1.82) is 0 Å². The molecule has 0 radical (unpaired) electrons. The molecule has 0 aliphatic carbocycles. The molecular formula is C11H24N2O2. The van der Waals surface area contributed by atoms with Crippen molar-refractivity contribution in [3.8, 4) is 0 Å². The Kier molecular flexibility index (Phi) is 5.83. The van der Waals surface area contributed by atoms with E-state index in [1.165, 1.54) is 0 Å². The van der Waals surface area contributed by atoms with Crippen molar-refractivity contribution in [2.45, 2.75) is 39.7 Å². The number of hydrogen-bond donors (Lipinski definition) is 2. The van der Waals surface area contributed by atoms with Crippen molar-refractivity contribution in [3.63, 3.8) is 0 Å². The Hall–Kier alpha value is -0.610. The van der Waals surface area contributed by atoms with E-state index in [2.05, 4.69) is 25.7 Å². The molecule has 0 aliphatic heterocycles. The highest BCUT2D eigenvalue weighted by atomic mass is 16.4. The first-order valence-corrected chi connectivity index (χ1v) is 5.54. The van der Waals surface area contributed by atoms with E-state index in [0.717, 1.165) is 19.6 Å². The van der Waals surface area contributed by atoms with Crippen LogP contribution in [0.2, 0.25) is 0 Å². The fraction of sp³-hybridized carbons (Fsp3) is 0.909. The second kappa shape index (κ2) is 6.08. The lowest BCUT2D eigenvalue weighted by molar-refractivity contribution is -0.143. The van der Waals surface area contributed by atoms with Gasteiger partial charge < -0.3 is 15.7 Å². The molecule has 3 N–H and O–H groups in total. The lowest BCUT2D eigenvalue weighted by Gasteiger charge is -2.26. The molecule has 15 heavy (non-hydrogen) atoms. The molecule has 1 unspecified atom stereocenters. The third kappa shape index (κ3) is 5.74. The van der Waals surface area contributed by atoms with Gasteiger partial charge in [-0.05, 0) is 25.8 Å².